The molecule has 6 nitrogen and oxygen atoms in total. The maximum atomic E-state index is 12.5. The molecule has 0 spiro atoms. The zero-order valence-electron chi connectivity index (χ0n) is 14.3. The molecule has 132 valence electrons. The van der Waals surface area contributed by atoms with Crippen LogP contribution in [0.25, 0.3) is 0 Å². The molecule has 0 saturated heterocycles. The molecule has 0 fully saturated rings. The molecule has 0 bridgehead atoms. The second-order valence-corrected chi connectivity index (χ2v) is 6.23. The highest BCUT2D eigenvalue weighted by Gasteiger charge is 2.15. The molecule has 2 aromatic carbocycles. The Bertz CT molecular complexity index is 780. The minimum Gasteiger partial charge on any atom is -0.495 e. The highest BCUT2D eigenvalue weighted by atomic mass is 79.9. The quantitative estimate of drug-likeness (QED) is 0.799. The van der Waals surface area contributed by atoms with E-state index in [0.717, 1.165) is 10.0 Å². The number of benzene rings is 2. The number of hydrogen-bond donors (Lipinski definition) is 2. The van der Waals surface area contributed by atoms with Crippen molar-refractivity contribution in [2.75, 3.05) is 26.5 Å². The van der Waals surface area contributed by atoms with Gasteiger partial charge in [0.15, 0.2) is 0 Å². The lowest BCUT2D eigenvalue weighted by molar-refractivity contribution is 0.0963. The first-order valence-corrected chi connectivity index (χ1v) is 8.41. The third kappa shape index (κ3) is 4.73. The van der Waals surface area contributed by atoms with Crippen LogP contribution in [0, 0.1) is 0 Å². The van der Waals surface area contributed by atoms with Crippen molar-refractivity contribution in [3.63, 3.8) is 0 Å². The van der Waals surface area contributed by atoms with Gasteiger partial charge in [0.25, 0.3) is 5.91 Å². The largest absolute Gasteiger partial charge is 0.495 e. The van der Waals surface area contributed by atoms with Crippen molar-refractivity contribution in [1.82, 2.24) is 10.2 Å². The van der Waals surface area contributed by atoms with E-state index in [1.165, 1.54) is 7.11 Å². The van der Waals surface area contributed by atoms with Crippen molar-refractivity contribution in [2.45, 2.75) is 6.54 Å². The Labute approximate surface area is 155 Å². The minimum absolute atomic E-state index is 0.236. The van der Waals surface area contributed by atoms with E-state index in [1.807, 2.05) is 24.3 Å². The lowest BCUT2D eigenvalue weighted by atomic mass is 10.1. The summed E-state index contributed by atoms with van der Waals surface area (Å²) >= 11 is 3.47. The molecule has 0 heterocycles. The maximum absolute atomic E-state index is 12.5. The second kappa shape index (κ2) is 8.53. The molecule has 3 amide bonds. The number of carbonyl (C=O) groups excluding carboxylic acids is 2. The number of carbonyl (C=O) groups is 2. The molecule has 2 aromatic rings. The van der Waals surface area contributed by atoms with Crippen LogP contribution in [0.15, 0.2) is 46.9 Å². The van der Waals surface area contributed by atoms with E-state index in [4.69, 9.17) is 4.74 Å². The van der Waals surface area contributed by atoms with Gasteiger partial charge >= 0.3 is 6.03 Å². The monoisotopic (exact) mass is 405 g/mol. The Hall–Kier alpha value is -2.54. The van der Waals surface area contributed by atoms with Gasteiger partial charge in [-0.25, -0.2) is 4.79 Å². The molecule has 25 heavy (non-hydrogen) atoms. The van der Waals surface area contributed by atoms with Crippen LogP contribution in [0.4, 0.5) is 10.5 Å². The predicted molar refractivity (Wildman–Crippen MR) is 101 cm³/mol. The topological polar surface area (TPSA) is 70.7 Å². The van der Waals surface area contributed by atoms with E-state index in [0.29, 0.717) is 23.5 Å². The highest BCUT2D eigenvalue weighted by Crippen LogP contribution is 2.26. The molecule has 2 rings (SSSR count). The Balaban J connectivity index is 2.16. The number of methoxy groups -OCH3 is 1. The molecule has 2 N–H and O–H groups in total. The van der Waals surface area contributed by atoms with Gasteiger partial charge in [-0.1, -0.05) is 34.1 Å². The van der Waals surface area contributed by atoms with E-state index in [2.05, 4.69) is 26.6 Å². The Kier molecular flexibility index (Phi) is 6.41. The number of halogens is 1. The standard InChI is InChI=1S/C18H20BrN3O3/c1-20-17(23)12-8-9-16(25-3)15(10-12)21-18(24)22(2)11-13-6-4-5-7-14(13)19/h4-10H,11H2,1-3H3,(H,20,23)(H,21,24). The van der Waals surface area contributed by atoms with Crippen molar-refractivity contribution in [2.24, 2.45) is 0 Å². The average Bonchev–Trinajstić information content (AvgIpc) is 2.62. The van der Waals surface area contributed by atoms with Crippen LogP contribution in [0.5, 0.6) is 5.75 Å². The molecule has 0 aromatic heterocycles. The maximum Gasteiger partial charge on any atom is 0.321 e. The summed E-state index contributed by atoms with van der Waals surface area (Å²) in [5, 5.41) is 5.34. The molecule has 0 aliphatic carbocycles. The summed E-state index contributed by atoms with van der Waals surface area (Å²) in [6.07, 6.45) is 0. The molecular formula is C18H20BrN3O3. The number of nitrogens with one attached hydrogen (secondary N) is 2. The minimum atomic E-state index is -0.303. The summed E-state index contributed by atoms with van der Waals surface area (Å²) < 4.78 is 6.20. The van der Waals surface area contributed by atoms with Gasteiger partial charge < -0.3 is 20.3 Å². The van der Waals surface area contributed by atoms with Gasteiger partial charge in [0.05, 0.1) is 12.8 Å². The Morgan fingerprint density at radius 1 is 1.20 bits per heavy atom. The summed E-state index contributed by atoms with van der Waals surface area (Å²) in [5.41, 5.74) is 1.87. The van der Waals surface area contributed by atoms with Crippen LogP contribution in [0.1, 0.15) is 15.9 Å². The smallest absolute Gasteiger partial charge is 0.321 e. The Morgan fingerprint density at radius 3 is 2.56 bits per heavy atom. The number of hydrogen-bond acceptors (Lipinski definition) is 3. The van der Waals surface area contributed by atoms with Gasteiger partial charge in [0.1, 0.15) is 5.75 Å². The van der Waals surface area contributed by atoms with E-state index < -0.39 is 0 Å². The summed E-state index contributed by atoms with van der Waals surface area (Å²) in [6, 6.07) is 12.3. The van der Waals surface area contributed by atoms with E-state index in [-0.39, 0.29) is 11.9 Å². The fourth-order valence-corrected chi connectivity index (χ4v) is 2.67. The summed E-state index contributed by atoms with van der Waals surface area (Å²) in [7, 11) is 4.76. The first-order chi connectivity index (χ1) is 12.0. The van der Waals surface area contributed by atoms with Crippen LogP contribution in [0.3, 0.4) is 0 Å². The molecule has 7 heteroatoms. The van der Waals surface area contributed by atoms with Crippen LogP contribution < -0.4 is 15.4 Å². The zero-order valence-corrected chi connectivity index (χ0v) is 15.9. The van der Waals surface area contributed by atoms with E-state index in [1.54, 1.807) is 37.2 Å². The average molecular weight is 406 g/mol. The molecule has 0 aliphatic rings. The number of anilines is 1. The number of rotatable bonds is 5. The fraction of sp³-hybridized carbons (Fsp3) is 0.222. The van der Waals surface area contributed by atoms with E-state index >= 15 is 0 Å². The third-order valence-electron chi connectivity index (χ3n) is 3.64. The van der Waals surface area contributed by atoms with Crippen molar-refractivity contribution >= 4 is 33.6 Å². The SMILES string of the molecule is CNC(=O)c1ccc(OC)c(NC(=O)N(C)Cc2ccccc2Br)c1. The number of nitrogens with zero attached hydrogens (tertiary/aromatic N) is 1. The highest BCUT2D eigenvalue weighted by molar-refractivity contribution is 9.10. The summed E-state index contributed by atoms with van der Waals surface area (Å²) in [5.74, 6) is 0.245. The van der Waals surface area contributed by atoms with Gasteiger partial charge in [-0.05, 0) is 29.8 Å². The molecule has 0 radical (unpaired) electrons. The molecule has 0 aliphatic heterocycles. The predicted octanol–water partition coefficient (Wildman–Crippen LogP) is 3.48. The van der Waals surface area contributed by atoms with Crippen molar-refractivity contribution in [1.29, 1.82) is 0 Å². The Morgan fingerprint density at radius 2 is 1.92 bits per heavy atom. The molecular weight excluding hydrogens is 386 g/mol. The molecule has 0 atom stereocenters. The van der Waals surface area contributed by atoms with Gasteiger partial charge in [-0.15, -0.1) is 0 Å². The fourth-order valence-electron chi connectivity index (χ4n) is 2.26. The van der Waals surface area contributed by atoms with Gasteiger partial charge in [-0.3, -0.25) is 4.79 Å². The van der Waals surface area contributed by atoms with Crippen molar-refractivity contribution < 1.29 is 14.3 Å². The van der Waals surface area contributed by atoms with Gasteiger partial charge in [0.2, 0.25) is 0 Å². The molecule has 0 saturated carbocycles. The number of amides is 3. The lowest BCUT2D eigenvalue weighted by Crippen LogP contribution is -2.31. The second-order valence-electron chi connectivity index (χ2n) is 5.37. The van der Waals surface area contributed by atoms with E-state index in [9.17, 15) is 9.59 Å². The van der Waals surface area contributed by atoms with Gasteiger partial charge in [-0.2, -0.15) is 0 Å². The first-order valence-electron chi connectivity index (χ1n) is 7.62. The molecule has 0 unspecified atom stereocenters. The normalized spacial score (nSPS) is 10.1. The third-order valence-corrected chi connectivity index (χ3v) is 4.42. The number of urea groups is 1. The summed E-state index contributed by atoms with van der Waals surface area (Å²) in [4.78, 5) is 25.8. The van der Waals surface area contributed by atoms with Crippen LogP contribution in [-0.4, -0.2) is 38.0 Å². The lowest BCUT2D eigenvalue weighted by Gasteiger charge is -2.20. The van der Waals surface area contributed by atoms with Crippen molar-refractivity contribution in [3.05, 3.63) is 58.1 Å². The van der Waals surface area contributed by atoms with Crippen LogP contribution >= 0.6 is 15.9 Å². The van der Waals surface area contributed by atoms with Gasteiger partial charge in [0, 0.05) is 30.7 Å². The first kappa shape index (κ1) is 18.8. The van der Waals surface area contributed by atoms with Crippen LogP contribution in [0.2, 0.25) is 0 Å². The zero-order chi connectivity index (χ0) is 18.4. The van der Waals surface area contributed by atoms with Crippen molar-refractivity contribution in [3.8, 4) is 5.75 Å². The summed E-state index contributed by atoms with van der Waals surface area (Å²) in [6.45, 7) is 0.435. The van der Waals surface area contributed by atoms with Crippen LogP contribution in [-0.2, 0) is 6.54 Å². The number of ether oxygens (including phenoxy) is 1.